The van der Waals surface area contributed by atoms with E-state index in [1.54, 1.807) is 14.2 Å². The van der Waals surface area contributed by atoms with Crippen LogP contribution in [0.25, 0.3) is 0 Å². The highest BCUT2D eigenvalue weighted by molar-refractivity contribution is 5.51. The van der Waals surface area contributed by atoms with Crippen molar-refractivity contribution in [3.05, 3.63) is 65.2 Å². The van der Waals surface area contributed by atoms with E-state index in [-0.39, 0.29) is 6.10 Å². The molecule has 0 bridgehead atoms. The second-order valence-corrected chi connectivity index (χ2v) is 6.28. The average Bonchev–Trinajstić information content (AvgIpc) is 3.04. The van der Waals surface area contributed by atoms with Gasteiger partial charge in [0.25, 0.3) is 0 Å². The first-order chi connectivity index (χ1) is 11.6. The van der Waals surface area contributed by atoms with Gasteiger partial charge in [0, 0.05) is 12.0 Å². The number of benzene rings is 2. The van der Waals surface area contributed by atoms with Gasteiger partial charge in [-0.1, -0.05) is 18.7 Å². The Labute approximate surface area is 143 Å². The van der Waals surface area contributed by atoms with Crippen molar-refractivity contribution in [2.75, 3.05) is 14.2 Å². The average molecular weight is 324 g/mol. The molecule has 1 heterocycles. The zero-order chi connectivity index (χ0) is 17.1. The van der Waals surface area contributed by atoms with Crippen LogP contribution in [0, 0.1) is 0 Å². The Hall–Kier alpha value is -2.42. The molecule has 1 aliphatic heterocycles. The van der Waals surface area contributed by atoms with Gasteiger partial charge in [-0.25, -0.2) is 0 Å². The van der Waals surface area contributed by atoms with Gasteiger partial charge < -0.3 is 14.2 Å². The van der Waals surface area contributed by atoms with Gasteiger partial charge in [-0.2, -0.15) is 0 Å². The first-order valence-corrected chi connectivity index (χ1v) is 8.25. The number of hydrogen-bond donors (Lipinski definition) is 0. The normalized spacial score (nSPS) is 15.5. The zero-order valence-corrected chi connectivity index (χ0v) is 14.6. The van der Waals surface area contributed by atoms with Gasteiger partial charge >= 0.3 is 0 Å². The Kier molecular flexibility index (Phi) is 4.79. The van der Waals surface area contributed by atoms with Crippen LogP contribution in [-0.2, 0) is 19.3 Å². The third-order valence-corrected chi connectivity index (χ3v) is 4.52. The molecule has 0 aliphatic carbocycles. The fraction of sp³-hybridized carbons (Fsp3) is 0.333. The largest absolute Gasteiger partial charge is 0.497 e. The summed E-state index contributed by atoms with van der Waals surface area (Å²) >= 11 is 0. The highest BCUT2D eigenvalue weighted by atomic mass is 16.5. The molecule has 0 N–H and O–H groups in total. The molecule has 126 valence electrons. The molecule has 3 heteroatoms. The summed E-state index contributed by atoms with van der Waals surface area (Å²) in [6.07, 6.45) is 2.81. The van der Waals surface area contributed by atoms with Gasteiger partial charge in [0.05, 0.1) is 14.2 Å². The summed E-state index contributed by atoms with van der Waals surface area (Å²) < 4.78 is 16.8. The minimum Gasteiger partial charge on any atom is -0.497 e. The van der Waals surface area contributed by atoms with Gasteiger partial charge in [-0.3, -0.25) is 0 Å². The van der Waals surface area contributed by atoms with Crippen molar-refractivity contribution in [1.29, 1.82) is 0 Å². The van der Waals surface area contributed by atoms with Gasteiger partial charge in [0.15, 0.2) is 0 Å². The summed E-state index contributed by atoms with van der Waals surface area (Å²) in [7, 11) is 3.40. The zero-order valence-electron chi connectivity index (χ0n) is 14.6. The Morgan fingerprint density at radius 1 is 1.08 bits per heavy atom. The summed E-state index contributed by atoms with van der Waals surface area (Å²) in [6.45, 7) is 6.02. The van der Waals surface area contributed by atoms with Gasteiger partial charge in [0.2, 0.25) is 0 Å². The molecule has 2 aromatic carbocycles. The maximum atomic E-state index is 6.04. The standard InChI is InChI=1S/C21H24O3/c1-14(2)19-13-18-20(23-4)11-16(12-21(18)24-19)6-5-15-7-9-17(22-3)10-8-15/h7-12,19H,1,5-6,13H2,2-4H3/t19-/m0/s1. The lowest BCUT2D eigenvalue weighted by Gasteiger charge is -2.11. The number of methoxy groups -OCH3 is 2. The number of ether oxygens (including phenoxy) is 3. The molecular weight excluding hydrogens is 300 g/mol. The van der Waals surface area contributed by atoms with E-state index >= 15 is 0 Å². The van der Waals surface area contributed by atoms with Crippen molar-refractivity contribution >= 4 is 0 Å². The topological polar surface area (TPSA) is 27.7 Å². The predicted molar refractivity (Wildman–Crippen MR) is 96.3 cm³/mol. The van der Waals surface area contributed by atoms with Crippen LogP contribution in [0.1, 0.15) is 23.6 Å². The summed E-state index contributed by atoms with van der Waals surface area (Å²) in [5.41, 5.74) is 4.71. The Balaban J connectivity index is 1.75. The molecule has 3 nitrogen and oxygen atoms in total. The van der Waals surface area contributed by atoms with Crippen molar-refractivity contribution < 1.29 is 14.2 Å². The molecule has 0 radical (unpaired) electrons. The molecule has 0 saturated carbocycles. The quantitative estimate of drug-likeness (QED) is 0.739. The SMILES string of the molecule is C=C(C)[C@@H]1Cc2c(OC)cc(CCc3ccc(OC)cc3)cc2O1. The van der Waals surface area contributed by atoms with E-state index in [0.29, 0.717) is 0 Å². The van der Waals surface area contributed by atoms with Crippen molar-refractivity contribution in [2.24, 2.45) is 0 Å². The fourth-order valence-electron chi connectivity index (χ4n) is 3.04. The molecule has 0 spiro atoms. The van der Waals surface area contributed by atoms with E-state index in [0.717, 1.165) is 47.6 Å². The van der Waals surface area contributed by atoms with Crippen LogP contribution < -0.4 is 14.2 Å². The van der Waals surface area contributed by atoms with Crippen molar-refractivity contribution in [3.63, 3.8) is 0 Å². The maximum absolute atomic E-state index is 6.04. The molecule has 0 aromatic heterocycles. The summed E-state index contributed by atoms with van der Waals surface area (Å²) in [5, 5.41) is 0. The van der Waals surface area contributed by atoms with E-state index in [2.05, 4.69) is 30.8 Å². The highest BCUT2D eigenvalue weighted by Gasteiger charge is 2.27. The van der Waals surface area contributed by atoms with E-state index in [4.69, 9.17) is 14.2 Å². The molecular formula is C21H24O3. The smallest absolute Gasteiger partial charge is 0.127 e. The van der Waals surface area contributed by atoms with Crippen LogP contribution in [0.3, 0.4) is 0 Å². The molecule has 0 saturated heterocycles. The van der Waals surface area contributed by atoms with E-state index in [1.165, 1.54) is 11.1 Å². The Morgan fingerprint density at radius 2 is 1.79 bits per heavy atom. The summed E-state index contributed by atoms with van der Waals surface area (Å²) in [4.78, 5) is 0. The Morgan fingerprint density at radius 3 is 2.42 bits per heavy atom. The van der Waals surface area contributed by atoms with E-state index < -0.39 is 0 Å². The molecule has 1 aliphatic rings. The van der Waals surface area contributed by atoms with E-state index in [1.807, 2.05) is 19.1 Å². The van der Waals surface area contributed by atoms with Crippen LogP contribution in [0.15, 0.2) is 48.6 Å². The van der Waals surface area contributed by atoms with Crippen LogP contribution in [0.4, 0.5) is 0 Å². The highest BCUT2D eigenvalue weighted by Crippen LogP contribution is 2.39. The van der Waals surface area contributed by atoms with E-state index in [9.17, 15) is 0 Å². The number of aryl methyl sites for hydroxylation is 2. The van der Waals surface area contributed by atoms with Gasteiger partial charge in [0.1, 0.15) is 23.4 Å². The third kappa shape index (κ3) is 3.40. The molecule has 0 fully saturated rings. The summed E-state index contributed by atoms with van der Waals surface area (Å²) in [6, 6.07) is 12.5. The third-order valence-electron chi connectivity index (χ3n) is 4.52. The molecule has 0 unspecified atom stereocenters. The number of rotatable bonds is 6. The molecule has 2 aromatic rings. The van der Waals surface area contributed by atoms with Crippen molar-refractivity contribution in [1.82, 2.24) is 0 Å². The van der Waals surface area contributed by atoms with Crippen LogP contribution in [0.2, 0.25) is 0 Å². The molecule has 24 heavy (non-hydrogen) atoms. The number of fused-ring (bicyclic) bond motifs is 1. The first kappa shape index (κ1) is 16.4. The molecule has 1 atom stereocenters. The lowest BCUT2D eigenvalue weighted by molar-refractivity contribution is 0.271. The van der Waals surface area contributed by atoms with Crippen LogP contribution in [-0.4, -0.2) is 20.3 Å². The second-order valence-electron chi connectivity index (χ2n) is 6.28. The van der Waals surface area contributed by atoms with Gasteiger partial charge in [-0.15, -0.1) is 0 Å². The monoisotopic (exact) mass is 324 g/mol. The summed E-state index contributed by atoms with van der Waals surface area (Å²) in [5.74, 6) is 2.74. The lowest BCUT2D eigenvalue weighted by atomic mass is 10.00. The predicted octanol–water partition coefficient (Wildman–Crippen LogP) is 4.37. The molecule has 0 amide bonds. The van der Waals surface area contributed by atoms with Gasteiger partial charge in [-0.05, 0) is 60.7 Å². The van der Waals surface area contributed by atoms with Crippen LogP contribution >= 0.6 is 0 Å². The first-order valence-electron chi connectivity index (χ1n) is 8.25. The lowest BCUT2D eigenvalue weighted by Crippen LogP contribution is -2.13. The maximum Gasteiger partial charge on any atom is 0.127 e. The van der Waals surface area contributed by atoms with Crippen LogP contribution in [0.5, 0.6) is 17.2 Å². The van der Waals surface area contributed by atoms with Crippen molar-refractivity contribution in [3.8, 4) is 17.2 Å². The molecule has 3 rings (SSSR count). The minimum atomic E-state index is 0.0609. The second kappa shape index (κ2) is 7.00. The minimum absolute atomic E-state index is 0.0609. The fourth-order valence-corrected chi connectivity index (χ4v) is 3.04. The van der Waals surface area contributed by atoms with Crippen molar-refractivity contribution in [2.45, 2.75) is 32.3 Å². The number of hydrogen-bond acceptors (Lipinski definition) is 3. The Bertz CT molecular complexity index is 731.